The van der Waals surface area contributed by atoms with Crippen LogP contribution in [0.15, 0.2) is 82.3 Å². The van der Waals surface area contributed by atoms with E-state index in [0.29, 0.717) is 28.0 Å². The molecule has 3 heterocycles. The van der Waals surface area contributed by atoms with Crippen LogP contribution in [0.4, 0.5) is 39.5 Å². The topological polar surface area (TPSA) is 121 Å². The molecule has 0 saturated heterocycles. The summed E-state index contributed by atoms with van der Waals surface area (Å²) in [6.07, 6.45) is -18.7. The van der Waals surface area contributed by atoms with Crippen LogP contribution in [-0.4, -0.2) is 55.3 Å². The molecule has 0 aliphatic heterocycles. The van der Waals surface area contributed by atoms with Crippen LogP contribution in [0, 0.1) is 49.4 Å². The van der Waals surface area contributed by atoms with Gasteiger partial charge < -0.3 is 30.6 Å². The first kappa shape index (κ1) is 41.6. The molecule has 3 unspecified atom stereocenters. The van der Waals surface area contributed by atoms with Crippen LogP contribution in [0.25, 0.3) is 5.76 Å². The molecule has 0 fully saturated rings. The second-order valence-electron chi connectivity index (χ2n) is 7.54. The number of hydrogen-bond donors (Lipinski definition) is 6. The number of hydrogen-bond acceptors (Lipinski definition) is 9. The van der Waals surface area contributed by atoms with Gasteiger partial charge in [-0.15, -0.1) is 34.0 Å². The normalized spacial score (nSPS) is 15.2. The van der Waals surface area contributed by atoms with Crippen molar-refractivity contribution in [2.45, 2.75) is 36.8 Å². The van der Waals surface area contributed by atoms with E-state index in [0.717, 1.165) is 34.0 Å². The van der Waals surface area contributed by atoms with E-state index in [-0.39, 0.29) is 54.3 Å². The minimum absolute atomic E-state index is 0. The predicted octanol–water partition coefficient (Wildman–Crippen LogP) is 8.14. The monoisotopic (exact) mass is 825 g/mol. The summed E-state index contributed by atoms with van der Waals surface area (Å²) < 4.78 is 106. The fraction of sp³-hybridized carbons (Fsp3) is 0.250. The molecule has 1 radical (unpaired) electrons. The minimum Gasteiger partial charge on any atom is -0.507 e. The van der Waals surface area contributed by atoms with Gasteiger partial charge in [-0.1, -0.05) is 18.2 Å². The van der Waals surface area contributed by atoms with E-state index in [1.54, 1.807) is 34.3 Å². The summed E-state index contributed by atoms with van der Waals surface area (Å²) in [4.78, 5) is 0.981. The Morgan fingerprint density at radius 2 is 0.977 bits per heavy atom. The number of allylic oxidation sites excluding steroid dienone is 2. The minimum atomic E-state index is -4.81. The van der Waals surface area contributed by atoms with E-state index < -0.39 is 54.1 Å². The second-order valence-corrected chi connectivity index (χ2v) is 10.4. The largest absolute Gasteiger partial charge is 0.507 e. The number of alkyl halides is 9. The van der Waals surface area contributed by atoms with Crippen molar-refractivity contribution in [3.63, 3.8) is 0 Å². The van der Waals surface area contributed by atoms with Gasteiger partial charge in [-0.2, -0.15) is 39.5 Å². The van der Waals surface area contributed by atoms with Gasteiger partial charge in [-0.25, -0.2) is 0 Å². The fourth-order valence-corrected chi connectivity index (χ4v) is 4.33. The first-order chi connectivity index (χ1) is 19.2. The first-order valence-corrected chi connectivity index (χ1v) is 13.5. The van der Waals surface area contributed by atoms with Crippen LogP contribution in [0.2, 0.25) is 0 Å². The van der Waals surface area contributed by atoms with Crippen LogP contribution < -0.4 is 0 Å². The molecule has 0 saturated carbocycles. The Morgan fingerprint density at radius 3 is 1.26 bits per heavy atom. The maximum atomic E-state index is 11.8. The maximum Gasteiger partial charge on any atom is 0.448 e. The molecule has 0 aliphatic rings. The van der Waals surface area contributed by atoms with Crippen LogP contribution in [0.5, 0.6) is 0 Å². The average molecular weight is 825 g/mol. The number of halogens is 9. The molecule has 6 N–H and O–H groups in total. The van der Waals surface area contributed by atoms with Crippen molar-refractivity contribution in [3.8, 4) is 0 Å². The molecular weight excluding hydrogens is 803 g/mol. The van der Waals surface area contributed by atoms with E-state index in [1.165, 1.54) is 18.2 Å². The second kappa shape index (κ2) is 18.5. The average Bonchev–Trinajstić information content (AvgIpc) is 3.66. The number of aliphatic hydroxyl groups is 6. The van der Waals surface area contributed by atoms with Crippen molar-refractivity contribution >= 4 is 39.8 Å². The third kappa shape index (κ3) is 15.9. The Labute approximate surface area is 290 Å². The first-order valence-electron chi connectivity index (χ1n) is 10.8. The van der Waals surface area contributed by atoms with Crippen molar-refractivity contribution < 1.29 is 120 Å². The van der Waals surface area contributed by atoms with E-state index >= 15 is 0 Å². The fourth-order valence-electron chi connectivity index (χ4n) is 2.32. The van der Waals surface area contributed by atoms with Crippen LogP contribution in [-0.2, 0) is 0 Å². The summed E-state index contributed by atoms with van der Waals surface area (Å²) in [5.74, 6) is -4.12. The van der Waals surface area contributed by atoms with E-state index in [1.807, 2.05) is 0 Å². The number of aliphatic hydroxyl groups excluding tert-OH is 6. The molecule has 19 heteroatoms. The molecule has 3 atom stereocenters. The molecule has 0 amide bonds. The van der Waals surface area contributed by atoms with Gasteiger partial charge in [0.05, 0.1) is 4.88 Å². The van der Waals surface area contributed by atoms with Gasteiger partial charge in [0.1, 0.15) is 18.0 Å². The van der Waals surface area contributed by atoms with Crippen molar-refractivity contribution in [1.82, 2.24) is 0 Å². The Hall–Kier alpha value is -1.45. The van der Waals surface area contributed by atoms with Crippen molar-refractivity contribution in [2.24, 2.45) is 0 Å². The third-order valence-corrected chi connectivity index (χ3v) is 7.08. The quantitative estimate of drug-likeness (QED) is 0.110. The third-order valence-electron chi connectivity index (χ3n) is 4.31. The SMILES string of the molecule is O/C(=C\C(O)C(F)(F)F)c1cccs1.O/C(=C\C(O)c1cccs1)C(F)(F)F.O/C(=C\C(O)c1cccs1)C(F)(F)F.[Eu]. The molecule has 3 aromatic heterocycles. The summed E-state index contributed by atoms with van der Waals surface area (Å²) >= 11 is 3.31. The molecule has 241 valence electrons. The standard InChI is InChI=1S/3C8H7F3O2S.Eu/c3*9-8(10,11)7(13)4-5(12)6-2-1-3-14-6;/h1-4,7,12-13H;2*1-5,12-13H;/b5-4-;2*7-4-;. The van der Waals surface area contributed by atoms with Crippen molar-refractivity contribution in [3.05, 3.63) is 96.9 Å². The van der Waals surface area contributed by atoms with Gasteiger partial charge in [-0.05, 0) is 52.6 Å². The van der Waals surface area contributed by atoms with Crippen molar-refractivity contribution in [2.75, 3.05) is 0 Å². The maximum absolute atomic E-state index is 11.8. The molecular formula is C24H21EuF9O6S3. The molecule has 0 aliphatic carbocycles. The van der Waals surface area contributed by atoms with E-state index in [4.69, 9.17) is 20.4 Å². The van der Waals surface area contributed by atoms with E-state index in [2.05, 4.69) is 0 Å². The zero-order valence-electron chi connectivity index (χ0n) is 20.8. The number of rotatable bonds is 6. The zero-order valence-corrected chi connectivity index (χ0v) is 25.7. The predicted molar refractivity (Wildman–Crippen MR) is 139 cm³/mol. The van der Waals surface area contributed by atoms with Crippen molar-refractivity contribution in [1.29, 1.82) is 0 Å². The summed E-state index contributed by atoms with van der Waals surface area (Å²) in [5.41, 5.74) is 0. The summed E-state index contributed by atoms with van der Waals surface area (Å²) in [7, 11) is 0. The molecule has 6 nitrogen and oxygen atoms in total. The van der Waals surface area contributed by atoms with Gasteiger partial charge in [-0.3, -0.25) is 0 Å². The van der Waals surface area contributed by atoms with Gasteiger partial charge in [0.25, 0.3) is 0 Å². The number of thiophene rings is 3. The van der Waals surface area contributed by atoms with Crippen LogP contribution in [0.1, 0.15) is 26.8 Å². The molecule has 0 spiro atoms. The summed E-state index contributed by atoms with van der Waals surface area (Å²) in [5, 5.41) is 58.1. The van der Waals surface area contributed by atoms with Gasteiger partial charge in [0, 0.05) is 59.1 Å². The molecule has 3 rings (SSSR count). The van der Waals surface area contributed by atoms with Crippen LogP contribution >= 0.6 is 34.0 Å². The summed E-state index contributed by atoms with van der Waals surface area (Å²) in [6, 6.07) is 9.21. The van der Waals surface area contributed by atoms with E-state index in [9.17, 15) is 49.7 Å². The van der Waals surface area contributed by atoms with Gasteiger partial charge in [0.2, 0.25) is 0 Å². The smallest absolute Gasteiger partial charge is 0.448 e. The Balaban J connectivity index is 0.000000608. The van der Waals surface area contributed by atoms with Crippen LogP contribution in [0.3, 0.4) is 0 Å². The molecule has 43 heavy (non-hydrogen) atoms. The molecule has 0 bridgehead atoms. The Bertz CT molecular complexity index is 1200. The van der Waals surface area contributed by atoms with Gasteiger partial charge in [0.15, 0.2) is 17.6 Å². The Kier molecular flexibility index (Phi) is 17.9. The molecule has 3 aromatic rings. The Morgan fingerprint density at radius 1 is 0.605 bits per heavy atom. The summed E-state index contributed by atoms with van der Waals surface area (Å²) in [6.45, 7) is 0. The van der Waals surface area contributed by atoms with Gasteiger partial charge >= 0.3 is 18.5 Å². The zero-order chi connectivity index (χ0) is 32.3. The molecule has 0 aromatic carbocycles.